The number of amides is 1. The van der Waals surface area contributed by atoms with Crippen LogP contribution >= 0.6 is 0 Å². The number of hydrogen-bond acceptors (Lipinski definition) is 11. The van der Waals surface area contributed by atoms with E-state index in [1.165, 1.54) is 24.3 Å². The molecule has 1 saturated carbocycles. The van der Waals surface area contributed by atoms with Gasteiger partial charge in [-0.1, -0.05) is 5.16 Å². The SMILES string of the molecule is CO/N=C/c1ccc(-c2ccc(O)c3c2C[C@H]2C[C@H]4C(N(C)C)C(=O)C(C(N)=O)=C(O)[C@@]4(O)C(=O)C2=C3O)o1. The van der Waals surface area contributed by atoms with E-state index in [9.17, 15) is 34.8 Å². The molecule has 1 fully saturated rings. The molecule has 0 spiro atoms. The molecule has 204 valence electrons. The Morgan fingerprint density at radius 2 is 1.92 bits per heavy atom. The normalized spacial score (nSPS) is 26.6. The number of phenolic OH excluding ortho intramolecular Hbond substituents is 1. The number of nitrogens with zero attached hydrogens (tertiary/aromatic N) is 2. The number of nitrogens with two attached hydrogens (primary N) is 1. The van der Waals surface area contributed by atoms with Crippen LogP contribution in [0.15, 0.2) is 50.7 Å². The minimum atomic E-state index is -2.69. The first-order valence-corrected chi connectivity index (χ1v) is 12.1. The Morgan fingerprint density at radius 1 is 1.21 bits per heavy atom. The number of Topliss-reactive ketones (excluding diaryl/α,β-unsaturated/α-hetero) is 2. The fraction of sp³-hybridized carbons (Fsp3) is 0.333. The molecule has 12 nitrogen and oxygen atoms in total. The molecule has 2 aromatic rings. The van der Waals surface area contributed by atoms with Crippen molar-refractivity contribution in [1.82, 2.24) is 4.90 Å². The van der Waals surface area contributed by atoms with E-state index in [0.29, 0.717) is 22.6 Å². The molecule has 5 rings (SSSR count). The zero-order valence-corrected chi connectivity index (χ0v) is 21.3. The van der Waals surface area contributed by atoms with Gasteiger partial charge in [0, 0.05) is 17.1 Å². The monoisotopic (exact) mass is 537 g/mol. The summed E-state index contributed by atoms with van der Waals surface area (Å²) >= 11 is 0. The Balaban J connectivity index is 1.69. The molecule has 1 unspecified atom stereocenters. The molecular weight excluding hydrogens is 510 g/mol. The van der Waals surface area contributed by atoms with Crippen LogP contribution in [0.25, 0.3) is 17.1 Å². The maximum atomic E-state index is 13.9. The number of hydrogen-bond donors (Lipinski definition) is 5. The number of aromatic hydroxyl groups is 1. The van der Waals surface area contributed by atoms with Crippen LogP contribution in [0, 0.1) is 11.8 Å². The van der Waals surface area contributed by atoms with Crippen molar-refractivity contribution in [2.45, 2.75) is 24.5 Å². The molecule has 1 aromatic heterocycles. The molecule has 4 atom stereocenters. The van der Waals surface area contributed by atoms with Gasteiger partial charge >= 0.3 is 0 Å². The molecule has 0 saturated heterocycles. The predicted molar refractivity (Wildman–Crippen MR) is 137 cm³/mol. The van der Waals surface area contributed by atoms with E-state index in [-0.39, 0.29) is 29.7 Å². The lowest BCUT2D eigenvalue weighted by Crippen LogP contribution is -2.65. The second-order valence-electron chi connectivity index (χ2n) is 10.1. The fourth-order valence-electron chi connectivity index (χ4n) is 6.15. The van der Waals surface area contributed by atoms with Gasteiger partial charge in [0.1, 0.15) is 47.7 Å². The number of aliphatic hydroxyl groups excluding tert-OH is 2. The highest BCUT2D eigenvalue weighted by Crippen LogP contribution is 2.53. The summed E-state index contributed by atoms with van der Waals surface area (Å²) in [5.41, 5.74) is 2.59. The Kier molecular flexibility index (Phi) is 6.11. The van der Waals surface area contributed by atoms with E-state index in [4.69, 9.17) is 10.2 Å². The molecule has 3 aliphatic carbocycles. The van der Waals surface area contributed by atoms with Crippen LogP contribution in [0.1, 0.15) is 23.3 Å². The molecule has 3 aliphatic rings. The van der Waals surface area contributed by atoms with E-state index < -0.39 is 58.0 Å². The second-order valence-corrected chi connectivity index (χ2v) is 10.1. The third-order valence-electron chi connectivity index (χ3n) is 7.78. The summed E-state index contributed by atoms with van der Waals surface area (Å²) in [7, 11) is 4.48. The van der Waals surface area contributed by atoms with Crippen LogP contribution < -0.4 is 5.73 Å². The summed E-state index contributed by atoms with van der Waals surface area (Å²) in [5.74, 6) is -6.22. The van der Waals surface area contributed by atoms with Gasteiger partial charge in [-0.3, -0.25) is 19.3 Å². The number of furan rings is 1. The second kappa shape index (κ2) is 9.10. The number of aliphatic hydroxyl groups is 3. The average molecular weight is 538 g/mol. The summed E-state index contributed by atoms with van der Waals surface area (Å²) in [4.78, 5) is 45.3. The highest BCUT2D eigenvalue weighted by molar-refractivity contribution is 6.24. The fourth-order valence-corrected chi connectivity index (χ4v) is 6.15. The largest absolute Gasteiger partial charge is 0.508 e. The van der Waals surface area contributed by atoms with Crippen molar-refractivity contribution in [3.63, 3.8) is 0 Å². The molecule has 1 amide bonds. The number of oxime groups is 1. The highest BCUT2D eigenvalue weighted by Gasteiger charge is 2.64. The quantitative estimate of drug-likeness (QED) is 0.210. The lowest BCUT2D eigenvalue weighted by Gasteiger charge is -2.50. The van der Waals surface area contributed by atoms with Gasteiger partial charge < -0.3 is 35.4 Å². The molecule has 0 aliphatic heterocycles. The van der Waals surface area contributed by atoms with Crippen LogP contribution in [0.5, 0.6) is 5.75 Å². The Bertz CT molecular complexity index is 1520. The summed E-state index contributed by atoms with van der Waals surface area (Å²) < 4.78 is 5.83. The van der Waals surface area contributed by atoms with Crippen LogP contribution in [0.2, 0.25) is 0 Å². The molecule has 1 aromatic carbocycles. The van der Waals surface area contributed by atoms with Crippen molar-refractivity contribution in [2.24, 2.45) is 22.7 Å². The minimum absolute atomic E-state index is 0.00917. The zero-order chi connectivity index (χ0) is 28.4. The lowest BCUT2D eigenvalue weighted by molar-refractivity contribution is -0.153. The van der Waals surface area contributed by atoms with Crippen molar-refractivity contribution in [1.29, 1.82) is 0 Å². The van der Waals surface area contributed by atoms with E-state index in [0.717, 1.165) is 0 Å². The number of ketones is 2. The number of carbonyl (C=O) groups is 3. The summed E-state index contributed by atoms with van der Waals surface area (Å²) in [6.45, 7) is 0. The van der Waals surface area contributed by atoms with Gasteiger partial charge in [-0.15, -0.1) is 0 Å². The number of primary amides is 1. The molecule has 39 heavy (non-hydrogen) atoms. The third kappa shape index (κ3) is 3.67. The summed E-state index contributed by atoms with van der Waals surface area (Å²) in [5, 5.41) is 48.3. The maximum Gasteiger partial charge on any atom is 0.255 e. The number of phenols is 1. The highest BCUT2D eigenvalue weighted by atomic mass is 16.6. The third-order valence-corrected chi connectivity index (χ3v) is 7.78. The molecule has 0 bridgehead atoms. The van der Waals surface area contributed by atoms with Crippen molar-refractivity contribution in [3.8, 4) is 17.1 Å². The van der Waals surface area contributed by atoms with Crippen molar-refractivity contribution in [2.75, 3.05) is 21.2 Å². The van der Waals surface area contributed by atoms with E-state index in [1.807, 2.05) is 0 Å². The van der Waals surface area contributed by atoms with E-state index >= 15 is 0 Å². The van der Waals surface area contributed by atoms with Crippen molar-refractivity contribution >= 4 is 29.4 Å². The Morgan fingerprint density at radius 3 is 2.56 bits per heavy atom. The smallest absolute Gasteiger partial charge is 0.255 e. The van der Waals surface area contributed by atoms with E-state index in [1.54, 1.807) is 32.3 Å². The standard InChI is InChI=1S/C27H27N3O9/c1-30(2)21-15-9-11-8-14-13(17-7-4-12(39-17)10-29-38-3)5-6-16(31)19(14)22(32)18(11)24(34)27(15,37)25(35)20(23(21)33)26(28)36/h4-7,10-11,15,21,31-32,35,37H,8-9H2,1-3H3,(H2,28,36)/b29-10+/t11-,15-,21?,27-/m0/s1. The van der Waals surface area contributed by atoms with Crippen LogP contribution in [-0.4, -0.2) is 81.9 Å². The molecule has 12 heteroatoms. The predicted octanol–water partition coefficient (Wildman–Crippen LogP) is 1.20. The number of rotatable bonds is 5. The van der Waals surface area contributed by atoms with Crippen molar-refractivity contribution < 1.29 is 44.1 Å². The topological polar surface area (TPSA) is 196 Å². The molecule has 6 N–H and O–H groups in total. The molecular formula is C27H27N3O9. The average Bonchev–Trinajstić information content (AvgIpc) is 3.33. The van der Waals surface area contributed by atoms with Gasteiger partial charge in [-0.25, -0.2) is 0 Å². The van der Waals surface area contributed by atoms with Crippen LogP contribution in [-0.2, 0) is 25.6 Å². The Hall–Kier alpha value is -4.42. The van der Waals surface area contributed by atoms with Gasteiger partial charge in [0.15, 0.2) is 11.4 Å². The number of carbonyl (C=O) groups excluding carboxylic acids is 3. The van der Waals surface area contributed by atoms with E-state index in [2.05, 4.69) is 9.99 Å². The zero-order valence-electron chi connectivity index (χ0n) is 21.3. The number of fused-ring (bicyclic) bond motifs is 3. The molecule has 0 radical (unpaired) electrons. The van der Waals surface area contributed by atoms with Gasteiger partial charge in [-0.2, -0.15) is 0 Å². The Labute approximate surface area is 222 Å². The molecule has 1 heterocycles. The van der Waals surface area contributed by atoms with Gasteiger partial charge in [-0.05, 0) is 62.7 Å². The van der Waals surface area contributed by atoms with Crippen LogP contribution in [0.4, 0.5) is 0 Å². The van der Waals surface area contributed by atoms with Gasteiger partial charge in [0.2, 0.25) is 5.78 Å². The van der Waals surface area contributed by atoms with Gasteiger partial charge in [0.05, 0.1) is 11.6 Å². The number of benzene rings is 1. The summed E-state index contributed by atoms with van der Waals surface area (Å²) in [6.07, 6.45) is 1.50. The number of likely N-dealkylation sites (N-methyl/N-ethyl adjacent to an activating group) is 1. The first-order chi connectivity index (χ1) is 18.4. The first-order valence-electron chi connectivity index (χ1n) is 12.1. The minimum Gasteiger partial charge on any atom is -0.508 e. The first kappa shape index (κ1) is 26.2. The summed E-state index contributed by atoms with van der Waals surface area (Å²) in [6, 6.07) is 5.14. The van der Waals surface area contributed by atoms with Gasteiger partial charge in [0.25, 0.3) is 5.91 Å². The lowest BCUT2D eigenvalue weighted by atomic mass is 9.57. The van der Waals surface area contributed by atoms with Crippen molar-refractivity contribution in [3.05, 3.63) is 58.1 Å². The van der Waals surface area contributed by atoms with Crippen LogP contribution in [0.3, 0.4) is 0 Å². The maximum absolute atomic E-state index is 13.9.